The van der Waals surface area contributed by atoms with Crippen molar-refractivity contribution in [2.45, 2.75) is 17.7 Å². The number of fused-ring (bicyclic) bond motifs is 1. The molecule has 0 atom stereocenters. The number of ether oxygens (including phenoxy) is 3. The molecule has 1 aliphatic heterocycles. The van der Waals surface area contributed by atoms with E-state index >= 15 is 0 Å². The zero-order valence-corrected chi connectivity index (χ0v) is 15.2. The van der Waals surface area contributed by atoms with Crippen LogP contribution in [0.2, 0.25) is 5.02 Å². The summed E-state index contributed by atoms with van der Waals surface area (Å²) in [5.74, 6) is 1.71. The standard InChI is InChI=1S/C17H18ClNO5S/c1-22-15-7-5-13(18)10-17(15)25(20,21)19-8-2-3-12-4-6-14-16(9-12)24-11-23-14/h4-7,9-10,19H,2-3,8,11H2,1H3. The number of rotatable bonds is 7. The average molecular weight is 384 g/mol. The fourth-order valence-electron chi connectivity index (χ4n) is 2.53. The molecule has 1 N–H and O–H groups in total. The van der Waals surface area contributed by atoms with Crippen molar-refractivity contribution in [1.29, 1.82) is 0 Å². The van der Waals surface area contributed by atoms with Gasteiger partial charge in [0, 0.05) is 11.6 Å². The molecular formula is C17H18ClNO5S. The SMILES string of the molecule is COc1ccc(Cl)cc1S(=O)(=O)NCCCc1ccc2c(c1)OCO2. The molecule has 2 aromatic carbocycles. The molecule has 0 aliphatic carbocycles. The molecule has 1 heterocycles. The number of nitrogens with one attached hydrogen (secondary N) is 1. The van der Waals surface area contributed by atoms with Gasteiger partial charge >= 0.3 is 0 Å². The number of benzene rings is 2. The lowest BCUT2D eigenvalue weighted by Crippen LogP contribution is -2.25. The Labute approximate surface area is 151 Å². The van der Waals surface area contributed by atoms with Crippen molar-refractivity contribution in [2.24, 2.45) is 0 Å². The number of methoxy groups -OCH3 is 1. The molecule has 8 heteroatoms. The summed E-state index contributed by atoms with van der Waals surface area (Å²) < 4.78 is 43.2. The Kier molecular flexibility index (Phi) is 5.36. The van der Waals surface area contributed by atoms with Gasteiger partial charge in [0.25, 0.3) is 0 Å². The molecule has 0 unspecified atom stereocenters. The number of halogens is 1. The van der Waals surface area contributed by atoms with Crippen LogP contribution in [0.1, 0.15) is 12.0 Å². The molecule has 6 nitrogen and oxygen atoms in total. The molecule has 2 aromatic rings. The predicted molar refractivity (Wildman–Crippen MR) is 94.1 cm³/mol. The monoisotopic (exact) mass is 383 g/mol. The van der Waals surface area contributed by atoms with Crippen molar-refractivity contribution in [3.63, 3.8) is 0 Å². The Hall–Kier alpha value is -1.96. The lowest BCUT2D eigenvalue weighted by atomic mass is 10.1. The van der Waals surface area contributed by atoms with Crippen LogP contribution >= 0.6 is 11.6 Å². The summed E-state index contributed by atoms with van der Waals surface area (Å²) in [6.45, 7) is 0.534. The second kappa shape index (κ2) is 7.51. The van der Waals surface area contributed by atoms with Crippen LogP contribution in [0.4, 0.5) is 0 Å². The number of hydrogen-bond donors (Lipinski definition) is 1. The minimum absolute atomic E-state index is 0.0329. The molecule has 3 rings (SSSR count). The van der Waals surface area contributed by atoms with Crippen LogP contribution in [0.3, 0.4) is 0 Å². The molecule has 0 saturated carbocycles. The highest BCUT2D eigenvalue weighted by Gasteiger charge is 2.19. The molecule has 0 bridgehead atoms. The quantitative estimate of drug-likeness (QED) is 0.744. The lowest BCUT2D eigenvalue weighted by Gasteiger charge is -2.11. The van der Waals surface area contributed by atoms with Crippen LogP contribution in [0.15, 0.2) is 41.3 Å². The van der Waals surface area contributed by atoms with Crippen molar-refractivity contribution >= 4 is 21.6 Å². The highest BCUT2D eigenvalue weighted by molar-refractivity contribution is 7.89. The van der Waals surface area contributed by atoms with Gasteiger partial charge in [0.2, 0.25) is 16.8 Å². The summed E-state index contributed by atoms with van der Waals surface area (Å²) in [4.78, 5) is 0.0329. The van der Waals surface area contributed by atoms with Gasteiger partial charge in [0.1, 0.15) is 10.6 Å². The Balaban J connectivity index is 1.59. The predicted octanol–water partition coefficient (Wildman–Crippen LogP) is 2.99. The highest BCUT2D eigenvalue weighted by Crippen LogP contribution is 2.32. The molecule has 0 saturated heterocycles. The maximum absolute atomic E-state index is 12.4. The van der Waals surface area contributed by atoms with E-state index in [-0.39, 0.29) is 17.4 Å². The second-order valence-electron chi connectivity index (χ2n) is 5.48. The smallest absolute Gasteiger partial charge is 0.244 e. The van der Waals surface area contributed by atoms with E-state index in [9.17, 15) is 8.42 Å². The Morgan fingerprint density at radius 1 is 1.16 bits per heavy atom. The molecule has 1 aliphatic rings. The van der Waals surface area contributed by atoms with E-state index in [1.165, 1.54) is 19.2 Å². The van der Waals surface area contributed by atoms with Crippen molar-refractivity contribution < 1.29 is 22.6 Å². The summed E-state index contributed by atoms with van der Waals surface area (Å²) >= 11 is 5.90. The Morgan fingerprint density at radius 2 is 1.96 bits per heavy atom. The summed E-state index contributed by atoms with van der Waals surface area (Å²) in [6, 6.07) is 10.2. The van der Waals surface area contributed by atoms with Gasteiger partial charge in [-0.05, 0) is 48.7 Å². The van der Waals surface area contributed by atoms with Gasteiger partial charge in [-0.25, -0.2) is 13.1 Å². The van der Waals surface area contributed by atoms with Crippen LogP contribution in [0.25, 0.3) is 0 Å². The van der Waals surface area contributed by atoms with Crippen LogP contribution in [0, 0.1) is 0 Å². The third-order valence-corrected chi connectivity index (χ3v) is 5.50. The maximum atomic E-state index is 12.4. The summed E-state index contributed by atoms with van der Waals surface area (Å²) in [5.41, 5.74) is 1.06. The van der Waals surface area contributed by atoms with Crippen molar-refractivity contribution in [3.05, 3.63) is 47.0 Å². The van der Waals surface area contributed by atoms with Crippen molar-refractivity contribution in [3.8, 4) is 17.2 Å². The van der Waals surface area contributed by atoms with Gasteiger partial charge in [0.15, 0.2) is 11.5 Å². The van der Waals surface area contributed by atoms with Crippen LogP contribution in [0.5, 0.6) is 17.2 Å². The first kappa shape index (κ1) is 17.8. The Bertz CT molecular complexity index is 869. The van der Waals surface area contributed by atoms with E-state index in [1.54, 1.807) is 6.07 Å². The summed E-state index contributed by atoms with van der Waals surface area (Å²) in [5, 5.41) is 0.335. The minimum atomic E-state index is -3.69. The zero-order chi connectivity index (χ0) is 17.9. The number of hydrogen-bond acceptors (Lipinski definition) is 5. The van der Waals surface area contributed by atoms with Crippen LogP contribution in [-0.4, -0.2) is 28.9 Å². The zero-order valence-electron chi connectivity index (χ0n) is 13.6. The fourth-order valence-corrected chi connectivity index (χ4v) is 4.04. The first-order valence-corrected chi connectivity index (χ1v) is 9.57. The van der Waals surface area contributed by atoms with E-state index in [0.717, 1.165) is 17.1 Å². The lowest BCUT2D eigenvalue weighted by molar-refractivity contribution is 0.174. The number of aryl methyl sites for hydroxylation is 1. The molecule has 0 spiro atoms. The molecule has 25 heavy (non-hydrogen) atoms. The second-order valence-corrected chi connectivity index (χ2v) is 7.66. The van der Waals surface area contributed by atoms with Gasteiger partial charge in [-0.2, -0.15) is 0 Å². The topological polar surface area (TPSA) is 73.9 Å². The normalized spacial score (nSPS) is 13.0. The van der Waals surface area contributed by atoms with Gasteiger partial charge < -0.3 is 14.2 Å². The average Bonchev–Trinajstić information content (AvgIpc) is 3.06. The fraction of sp³-hybridized carbons (Fsp3) is 0.294. The first-order chi connectivity index (χ1) is 12.0. The number of sulfonamides is 1. The minimum Gasteiger partial charge on any atom is -0.495 e. The maximum Gasteiger partial charge on any atom is 0.244 e. The summed E-state index contributed by atoms with van der Waals surface area (Å²) in [6.07, 6.45) is 1.35. The van der Waals surface area contributed by atoms with Crippen LogP contribution < -0.4 is 18.9 Å². The Morgan fingerprint density at radius 3 is 2.76 bits per heavy atom. The van der Waals surface area contributed by atoms with Crippen molar-refractivity contribution in [2.75, 3.05) is 20.4 Å². The van der Waals surface area contributed by atoms with Gasteiger partial charge in [-0.1, -0.05) is 17.7 Å². The highest BCUT2D eigenvalue weighted by atomic mass is 35.5. The van der Waals surface area contributed by atoms with Crippen molar-refractivity contribution in [1.82, 2.24) is 4.72 Å². The van der Waals surface area contributed by atoms with E-state index in [0.29, 0.717) is 24.4 Å². The van der Waals surface area contributed by atoms with E-state index in [2.05, 4.69) is 4.72 Å². The first-order valence-electron chi connectivity index (χ1n) is 7.71. The van der Waals surface area contributed by atoms with Gasteiger partial charge in [-0.3, -0.25) is 0 Å². The van der Waals surface area contributed by atoms with Gasteiger partial charge in [-0.15, -0.1) is 0 Å². The van der Waals surface area contributed by atoms with E-state index in [1.807, 2.05) is 18.2 Å². The molecule has 0 amide bonds. The van der Waals surface area contributed by atoms with E-state index < -0.39 is 10.0 Å². The molecule has 0 aromatic heterocycles. The van der Waals surface area contributed by atoms with E-state index in [4.69, 9.17) is 25.8 Å². The third-order valence-electron chi connectivity index (χ3n) is 3.79. The van der Waals surface area contributed by atoms with Crippen LogP contribution in [-0.2, 0) is 16.4 Å². The third kappa shape index (κ3) is 4.18. The molecule has 134 valence electrons. The largest absolute Gasteiger partial charge is 0.495 e. The molecule has 0 radical (unpaired) electrons. The molecular weight excluding hydrogens is 366 g/mol. The molecule has 0 fully saturated rings. The van der Waals surface area contributed by atoms with Gasteiger partial charge in [0.05, 0.1) is 7.11 Å². The summed E-state index contributed by atoms with van der Waals surface area (Å²) in [7, 11) is -2.28.